The highest BCUT2D eigenvalue weighted by atomic mass is 32.2. The fourth-order valence-corrected chi connectivity index (χ4v) is 3.78. The lowest BCUT2D eigenvalue weighted by atomic mass is 10.1. The molecule has 1 aromatic rings. The standard InChI is InChI=1S/C11H11FO4S/c1-17(15,16)10-8(9(10)11(13)14)6-2-4-7(12)5-3-6/h2-5,8-10H,1H3,(H,13,14)/t8-,9-,10-/m0/s1. The van der Waals surface area contributed by atoms with Gasteiger partial charge in [0.1, 0.15) is 5.82 Å². The Kier molecular flexibility index (Phi) is 2.69. The second kappa shape index (κ2) is 3.80. The molecule has 1 fully saturated rings. The highest BCUT2D eigenvalue weighted by molar-refractivity contribution is 7.91. The molecule has 0 aliphatic heterocycles. The van der Waals surface area contributed by atoms with Crippen molar-refractivity contribution in [3.05, 3.63) is 35.6 Å². The molecule has 0 spiro atoms. The van der Waals surface area contributed by atoms with E-state index in [0.29, 0.717) is 5.56 Å². The molecular weight excluding hydrogens is 247 g/mol. The minimum atomic E-state index is -3.41. The third kappa shape index (κ3) is 2.17. The summed E-state index contributed by atoms with van der Waals surface area (Å²) >= 11 is 0. The van der Waals surface area contributed by atoms with Gasteiger partial charge in [0.2, 0.25) is 0 Å². The number of rotatable bonds is 3. The van der Waals surface area contributed by atoms with Crippen molar-refractivity contribution in [3.8, 4) is 0 Å². The molecule has 1 aliphatic rings. The Hall–Kier alpha value is -1.43. The van der Waals surface area contributed by atoms with Crippen molar-refractivity contribution < 1.29 is 22.7 Å². The Morgan fingerprint density at radius 1 is 1.29 bits per heavy atom. The van der Waals surface area contributed by atoms with Gasteiger partial charge in [-0.2, -0.15) is 0 Å². The molecule has 1 saturated carbocycles. The van der Waals surface area contributed by atoms with Gasteiger partial charge in [-0.3, -0.25) is 4.79 Å². The first-order chi connectivity index (χ1) is 7.82. The van der Waals surface area contributed by atoms with Gasteiger partial charge >= 0.3 is 5.97 Å². The van der Waals surface area contributed by atoms with Crippen LogP contribution in [0, 0.1) is 11.7 Å². The fourth-order valence-electron chi connectivity index (χ4n) is 2.19. The molecule has 3 atom stereocenters. The van der Waals surface area contributed by atoms with Gasteiger partial charge < -0.3 is 5.11 Å². The van der Waals surface area contributed by atoms with Crippen molar-refractivity contribution >= 4 is 15.8 Å². The minimum absolute atomic E-state index is 0.433. The topological polar surface area (TPSA) is 71.4 Å². The van der Waals surface area contributed by atoms with Crippen molar-refractivity contribution in [2.75, 3.05) is 6.26 Å². The molecule has 1 aliphatic carbocycles. The van der Waals surface area contributed by atoms with Gasteiger partial charge in [-0.25, -0.2) is 12.8 Å². The molecule has 0 radical (unpaired) electrons. The van der Waals surface area contributed by atoms with E-state index in [1.54, 1.807) is 0 Å². The third-order valence-corrected chi connectivity index (χ3v) is 4.56. The maximum absolute atomic E-state index is 12.7. The normalized spacial score (nSPS) is 27.8. The number of halogens is 1. The monoisotopic (exact) mass is 258 g/mol. The van der Waals surface area contributed by atoms with Gasteiger partial charge in [0.05, 0.1) is 11.2 Å². The molecule has 0 unspecified atom stereocenters. The molecule has 0 amide bonds. The van der Waals surface area contributed by atoms with E-state index in [-0.39, 0.29) is 0 Å². The van der Waals surface area contributed by atoms with Crippen molar-refractivity contribution in [2.45, 2.75) is 11.2 Å². The highest BCUT2D eigenvalue weighted by Gasteiger charge is 2.61. The lowest BCUT2D eigenvalue weighted by molar-refractivity contribution is -0.138. The van der Waals surface area contributed by atoms with Crippen molar-refractivity contribution in [3.63, 3.8) is 0 Å². The maximum atomic E-state index is 12.7. The van der Waals surface area contributed by atoms with Gasteiger partial charge in [0.15, 0.2) is 9.84 Å². The summed E-state index contributed by atoms with van der Waals surface area (Å²) in [5.41, 5.74) is 0.550. The Balaban J connectivity index is 2.34. The van der Waals surface area contributed by atoms with E-state index < -0.39 is 38.7 Å². The second-order valence-electron chi connectivity index (χ2n) is 4.24. The molecule has 0 bridgehead atoms. The van der Waals surface area contributed by atoms with E-state index in [9.17, 15) is 17.6 Å². The maximum Gasteiger partial charge on any atom is 0.308 e. The van der Waals surface area contributed by atoms with Crippen LogP contribution in [0.3, 0.4) is 0 Å². The molecule has 0 heterocycles. The third-order valence-electron chi connectivity index (χ3n) is 2.99. The minimum Gasteiger partial charge on any atom is -0.481 e. The number of carboxylic acid groups (broad SMARTS) is 1. The Bertz CT molecular complexity index is 549. The van der Waals surface area contributed by atoms with E-state index in [1.807, 2.05) is 0 Å². The van der Waals surface area contributed by atoms with E-state index in [1.165, 1.54) is 24.3 Å². The van der Waals surface area contributed by atoms with Crippen molar-refractivity contribution in [1.29, 1.82) is 0 Å². The zero-order valence-corrected chi connectivity index (χ0v) is 9.82. The lowest BCUT2D eigenvalue weighted by Gasteiger charge is -1.98. The SMILES string of the molecule is CS(=O)(=O)[C@@H]1[C@@H](C(=O)O)[C@@H]1c1ccc(F)cc1. The number of carboxylic acids is 1. The number of hydrogen-bond acceptors (Lipinski definition) is 3. The van der Waals surface area contributed by atoms with Gasteiger partial charge in [0.25, 0.3) is 0 Å². The summed E-state index contributed by atoms with van der Waals surface area (Å²) in [5.74, 6) is -3.05. The van der Waals surface area contributed by atoms with E-state index >= 15 is 0 Å². The number of sulfone groups is 1. The summed E-state index contributed by atoms with van der Waals surface area (Å²) in [6, 6.07) is 5.26. The number of hydrogen-bond donors (Lipinski definition) is 1. The molecular formula is C11H11FO4S. The molecule has 1 N–H and O–H groups in total. The first-order valence-corrected chi connectivity index (χ1v) is 6.95. The summed E-state index contributed by atoms with van der Waals surface area (Å²) in [4.78, 5) is 10.9. The van der Waals surface area contributed by atoms with Gasteiger partial charge in [-0.05, 0) is 17.7 Å². The zero-order valence-electron chi connectivity index (χ0n) is 9.00. The van der Waals surface area contributed by atoms with Gasteiger partial charge in [-0.15, -0.1) is 0 Å². The van der Waals surface area contributed by atoms with Gasteiger partial charge in [0, 0.05) is 12.2 Å². The van der Waals surface area contributed by atoms with Crippen LogP contribution in [0.2, 0.25) is 0 Å². The average molecular weight is 258 g/mol. The van der Waals surface area contributed by atoms with Crippen LogP contribution in [0.15, 0.2) is 24.3 Å². The first-order valence-electron chi connectivity index (χ1n) is 4.99. The number of benzene rings is 1. The van der Waals surface area contributed by atoms with Crippen LogP contribution < -0.4 is 0 Å². The van der Waals surface area contributed by atoms with Crippen LogP contribution in [-0.4, -0.2) is 31.0 Å². The summed E-state index contributed by atoms with van der Waals surface area (Å²) in [6.45, 7) is 0. The number of carbonyl (C=O) groups is 1. The Labute approximate surface area is 98.0 Å². The molecule has 6 heteroatoms. The van der Waals surface area contributed by atoms with Crippen LogP contribution in [-0.2, 0) is 14.6 Å². The first kappa shape index (κ1) is 12.0. The van der Waals surface area contributed by atoms with Gasteiger partial charge in [-0.1, -0.05) is 12.1 Å². The quantitative estimate of drug-likeness (QED) is 0.879. The van der Waals surface area contributed by atoms with E-state index in [0.717, 1.165) is 6.26 Å². The van der Waals surface area contributed by atoms with Crippen LogP contribution >= 0.6 is 0 Å². The Morgan fingerprint density at radius 3 is 2.18 bits per heavy atom. The van der Waals surface area contributed by atoms with Crippen LogP contribution in [0.1, 0.15) is 11.5 Å². The molecule has 17 heavy (non-hydrogen) atoms. The van der Waals surface area contributed by atoms with Crippen LogP contribution in [0.25, 0.3) is 0 Å². The van der Waals surface area contributed by atoms with Crippen LogP contribution in [0.5, 0.6) is 0 Å². The average Bonchev–Trinajstić information content (AvgIpc) is 2.93. The highest BCUT2D eigenvalue weighted by Crippen LogP contribution is 2.52. The molecule has 1 aromatic carbocycles. The largest absolute Gasteiger partial charge is 0.481 e. The summed E-state index contributed by atoms with van der Waals surface area (Å²) in [7, 11) is -3.41. The summed E-state index contributed by atoms with van der Waals surface area (Å²) < 4.78 is 35.6. The van der Waals surface area contributed by atoms with Crippen LogP contribution in [0.4, 0.5) is 4.39 Å². The molecule has 0 saturated heterocycles. The zero-order chi connectivity index (χ0) is 12.8. The smallest absolute Gasteiger partial charge is 0.308 e. The fraction of sp³-hybridized carbons (Fsp3) is 0.364. The van der Waals surface area contributed by atoms with E-state index in [4.69, 9.17) is 5.11 Å². The lowest BCUT2D eigenvalue weighted by Crippen LogP contribution is -2.10. The summed E-state index contributed by atoms with van der Waals surface area (Å²) in [6.07, 6.45) is 1.02. The molecule has 92 valence electrons. The Morgan fingerprint density at radius 2 is 1.82 bits per heavy atom. The predicted octanol–water partition coefficient (Wildman–Crippen LogP) is 1.04. The summed E-state index contributed by atoms with van der Waals surface area (Å²) in [5, 5.41) is 8.04. The molecule has 2 rings (SSSR count). The molecule has 0 aromatic heterocycles. The van der Waals surface area contributed by atoms with E-state index in [2.05, 4.69) is 0 Å². The number of aliphatic carboxylic acids is 1. The van der Waals surface area contributed by atoms with Crippen molar-refractivity contribution in [2.24, 2.45) is 5.92 Å². The molecule has 4 nitrogen and oxygen atoms in total. The van der Waals surface area contributed by atoms with Crippen molar-refractivity contribution in [1.82, 2.24) is 0 Å². The second-order valence-corrected chi connectivity index (χ2v) is 6.44. The predicted molar refractivity (Wildman–Crippen MR) is 58.9 cm³/mol.